The quantitative estimate of drug-likeness (QED) is 0.482. The van der Waals surface area contributed by atoms with Crippen molar-refractivity contribution in [3.8, 4) is 5.69 Å². The Kier molecular flexibility index (Phi) is 8.87. The van der Waals surface area contributed by atoms with Gasteiger partial charge in [0.25, 0.3) is 0 Å². The SMILES string of the molecule is CCCCCN(CC(=O)Nc1cc(C(C)(C)C)nn1-c1ccccc1C)C(=O)CC(C)(C)C. The van der Waals surface area contributed by atoms with Gasteiger partial charge in [-0.1, -0.05) is 79.5 Å². The van der Waals surface area contributed by atoms with E-state index in [0.717, 1.165) is 36.2 Å². The van der Waals surface area contributed by atoms with E-state index in [9.17, 15) is 9.59 Å². The maximum Gasteiger partial charge on any atom is 0.245 e. The Hall–Kier alpha value is -2.63. The average Bonchev–Trinajstić information content (AvgIpc) is 3.10. The van der Waals surface area contributed by atoms with Crippen LogP contribution in [-0.2, 0) is 15.0 Å². The summed E-state index contributed by atoms with van der Waals surface area (Å²) in [7, 11) is 0. The number of anilines is 1. The molecule has 6 heteroatoms. The molecule has 0 aliphatic heterocycles. The third-order valence-corrected chi connectivity index (χ3v) is 5.49. The molecular formula is C27H42N4O2. The number of benzene rings is 1. The maximum absolute atomic E-state index is 13.1. The van der Waals surface area contributed by atoms with E-state index in [0.29, 0.717) is 18.8 Å². The van der Waals surface area contributed by atoms with E-state index >= 15 is 0 Å². The molecule has 0 saturated heterocycles. The average molecular weight is 455 g/mol. The van der Waals surface area contributed by atoms with Crippen LogP contribution in [0.5, 0.6) is 0 Å². The summed E-state index contributed by atoms with van der Waals surface area (Å²) in [4.78, 5) is 27.7. The Balaban J connectivity index is 2.28. The summed E-state index contributed by atoms with van der Waals surface area (Å²) in [6.45, 7) is 17.2. The summed E-state index contributed by atoms with van der Waals surface area (Å²) in [5.74, 6) is 0.441. The van der Waals surface area contributed by atoms with Gasteiger partial charge in [0.15, 0.2) is 0 Å². The van der Waals surface area contributed by atoms with Crippen molar-refractivity contribution in [2.45, 2.75) is 86.5 Å². The molecule has 2 rings (SSSR count). The van der Waals surface area contributed by atoms with E-state index in [4.69, 9.17) is 5.10 Å². The highest BCUT2D eigenvalue weighted by molar-refractivity contribution is 5.94. The molecule has 2 amide bonds. The summed E-state index contributed by atoms with van der Waals surface area (Å²) in [5.41, 5.74) is 2.60. The van der Waals surface area contributed by atoms with Crippen LogP contribution >= 0.6 is 0 Å². The summed E-state index contributed by atoms with van der Waals surface area (Å²) in [5, 5.41) is 7.85. The van der Waals surface area contributed by atoms with Crippen LogP contribution in [-0.4, -0.2) is 39.6 Å². The van der Waals surface area contributed by atoms with Gasteiger partial charge >= 0.3 is 0 Å². The van der Waals surface area contributed by atoms with Crippen molar-refractivity contribution >= 4 is 17.6 Å². The standard InChI is InChI=1S/C27H42N4O2/c1-9-10-13-16-30(25(33)18-26(3,4)5)19-24(32)28-23-17-22(27(6,7)8)29-31(23)21-15-12-11-14-20(21)2/h11-12,14-15,17H,9-10,13,16,18-19H2,1-8H3,(H,28,32). The Labute approximate surface area is 199 Å². The molecule has 0 bridgehead atoms. The van der Waals surface area contributed by atoms with E-state index in [1.807, 2.05) is 58.0 Å². The molecule has 0 fully saturated rings. The highest BCUT2D eigenvalue weighted by atomic mass is 16.2. The number of carbonyl (C=O) groups is 2. The summed E-state index contributed by atoms with van der Waals surface area (Å²) < 4.78 is 1.80. The highest BCUT2D eigenvalue weighted by Crippen LogP contribution is 2.27. The highest BCUT2D eigenvalue weighted by Gasteiger charge is 2.25. The lowest BCUT2D eigenvalue weighted by molar-refractivity contribution is -0.136. The molecule has 0 aliphatic rings. The number of unbranched alkanes of at least 4 members (excludes halogenated alkanes) is 2. The first-order valence-corrected chi connectivity index (χ1v) is 12.1. The number of hydrogen-bond acceptors (Lipinski definition) is 3. The minimum Gasteiger partial charge on any atom is -0.333 e. The normalized spacial score (nSPS) is 12.0. The smallest absolute Gasteiger partial charge is 0.245 e. The van der Waals surface area contributed by atoms with Gasteiger partial charge in [-0.15, -0.1) is 0 Å². The first-order chi connectivity index (χ1) is 15.3. The fourth-order valence-corrected chi connectivity index (χ4v) is 3.59. The van der Waals surface area contributed by atoms with Gasteiger partial charge in [0.2, 0.25) is 11.8 Å². The Morgan fingerprint density at radius 2 is 1.73 bits per heavy atom. The number of nitrogens with zero attached hydrogens (tertiary/aromatic N) is 3. The second-order valence-electron chi connectivity index (χ2n) is 11.2. The molecule has 182 valence electrons. The number of para-hydroxylation sites is 1. The van der Waals surface area contributed by atoms with Gasteiger partial charge in [0.05, 0.1) is 17.9 Å². The first-order valence-electron chi connectivity index (χ1n) is 12.1. The lowest BCUT2D eigenvalue weighted by Gasteiger charge is -2.26. The second kappa shape index (κ2) is 11.0. The van der Waals surface area contributed by atoms with E-state index in [2.05, 4.69) is 33.0 Å². The minimum absolute atomic E-state index is 0.0246. The van der Waals surface area contributed by atoms with Gasteiger partial charge in [-0.3, -0.25) is 9.59 Å². The third-order valence-electron chi connectivity index (χ3n) is 5.49. The van der Waals surface area contributed by atoms with Crippen molar-refractivity contribution in [3.05, 3.63) is 41.6 Å². The zero-order valence-electron chi connectivity index (χ0n) is 21.8. The summed E-state index contributed by atoms with van der Waals surface area (Å²) in [6.07, 6.45) is 3.42. The Bertz CT molecular complexity index is 948. The predicted octanol–water partition coefficient (Wildman–Crippen LogP) is 5.87. The topological polar surface area (TPSA) is 67.2 Å². The molecule has 0 saturated carbocycles. The molecule has 0 spiro atoms. The van der Waals surface area contributed by atoms with E-state index in [1.54, 1.807) is 9.58 Å². The van der Waals surface area contributed by atoms with E-state index < -0.39 is 0 Å². The van der Waals surface area contributed by atoms with Crippen molar-refractivity contribution in [1.82, 2.24) is 14.7 Å². The molecule has 0 aliphatic carbocycles. The molecule has 2 aromatic rings. The number of amides is 2. The lowest BCUT2D eigenvalue weighted by Crippen LogP contribution is -2.40. The fourth-order valence-electron chi connectivity index (χ4n) is 3.59. The minimum atomic E-state index is -0.205. The fraction of sp³-hybridized carbons (Fsp3) is 0.593. The van der Waals surface area contributed by atoms with Gasteiger partial charge in [0, 0.05) is 24.4 Å². The molecule has 1 heterocycles. The van der Waals surface area contributed by atoms with Gasteiger partial charge in [-0.05, 0) is 30.4 Å². The third kappa shape index (κ3) is 8.02. The van der Waals surface area contributed by atoms with Crippen LogP contribution in [0, 0.1) is 12.3 Å². The molecule has 1 aromatic carbocycles. The first kappa shape index (κ1) is 26.6. The van der Waals surface area contributed by atoms with Crippen molar-refractivity contribution in [2.75, 3.05) is 18.4 Å². The number of aromatic nitrogens is 2. The monoisotopic (exact) mass is 454 g/mol. The lowest BCUT2D eigenvalue weighted by atomic mass is 9.91. The van der Waals surface area contributed by atoms with Crippen LogP contribution in [0.25, 0.3) is 5.69 Å². The molecule has 0 unspecified atom stereocenters. The Morgan fingerprint density at radius 3 is 2.30 bits per heavy atom. The van der Waals surface area contributed by atoms with Crippen LogP contribution in [0.15, 0.2) is 30.3 Å². The molecule has 1 N–H and O–H groups in total. The van der Waals surface area contributed by atoms with Crippen LogP contribution in [0.4, 0.5) is 5.82 Å². The van der Waals surface area contributed by atoms with Gasteiger partial charge in [0.1, 0.15) is 5.82 Å². The maximum atomic E-state index is 13.1. The molecule has 6 nitrogen and oxygen atoms in total. The Morgan fingerprint density at radius 1 is 1.06 bits per heavy atom. The number of hydrogen-bond donors (Lipinski definition) is 1. The van der Waals surface area contributed by atoms with Crippen LogP contribution in [0.2, 0.25) is 0 Å². The van der Waals surface area contributed by atoms with E-state index in [1.165, 1.54) is 0 Å². The summed E-state index contributed by atoms with van der Waals surface area (Å²) >= 11 is 0. The van der Waals surface area contributed by atoms with Gasteiger partial charge in [-0.25, -0.2) is 4.68 Å². The van der Waals surface area contributed by atoms with Crippen molar-refractivity contribution < 1.29 is 9.59 Å². The van der Waals surface area contributed by atoms with Crippen LogP contribution in [0.3, 0.4) is 0 Å². The molecule has 33 heavy (non-hydrogen) atoms. The molecule has 1 aromatic heterocycles. The van der Waals surface area contributed by atoms with Crippen LogP contribution in [0.1, 0.15) is 85.4 Å². The van der Waals surface area contributed by atoms with Crippen molar-refractivity contribution in [3.63, 3.8) is 0 Å². The zero-order valence-corrected chi connectivity index (χ0v) is 21.8. The number of rotatable bonds is 9. The van der Waals surface area contributed by atoms with E-state index in [-0.39, 0.29) is 29.2 Å². The van der Waals surface area contributed by atoms with Gasteiger partial charge in [-0.2, -0.15) is 5.10 Å². The zero-order chi connectivity index (χ0) is 24.8. The molecular weight excluding hydrogens is 412 g/mol. The second-order valence-corrected chi connectivity index (χ2v) is 11.2. The summed E-state index contributed by atoms with van der Waals surface area (Å²) in [6, 6.07) is 9.91. The number of aryl methyl sites for hydroxylation is 1. The predicted molar refractivity (Wildman–Crippen MR) is 136 cm³/mol. The molecule has 0 atom stereocenters. The van der Waals surface area contributed by atoms with Crippen molar-refractivity contribution in [2.24, 2.45) is 5.41 Å². The van der Waals surface area contributed by atoms with Crippen LogP contribution < -0.4 is 5.32 Å². The largest absolute Gasteiger partial charge is 0.333 e. The van der Waals surface area contributed by atoms with Crippen molar-refractivity contribution in [1.29, 1.82) is 0 Å². The number of carbonyl (C=O) groups excluding carboxylic acids is 2. The molecule has 0 radical (unpaired) electrons. The number of nitrogens with one attached hydrogen (secondary N) is 1. The van der Waals surface area contributed by atoms with Gasteiger partial charge < -0.3 is 10.2 Å².